The van der Waals surface area contributed by atoms with Crippen LogP contribution in [0.25, 0.3) is 0 Å². The number of rotatable bonds is 2. The molecule has 3 N–H and O–H groups in total. The zero-order valence-corrected chi connectivity index (χ0v) is 14.1. The quantitative estimate of drug-likeness (QED) is 0.383. The molecule has 4 aliphatic carbocycles. The molecular formula is C19H20O7. The largest absolute Gasteiger partial charge is 0.481 e. The molecular weight excluding hydrogens is 340 g/mol. The lowest BCUT2D eigenvalue weighted by atomic mass is 9.61. The van der Waals surface area contributed by atoms with Gasteiger partial charge in [-0.1, -0.05) is 18.7 Å². The Morgan fingerprint density at radius 2 is 2.04 bits per heavy atom. The molecule has 7 nitrogen and oxygen atoms in total. The van der Waals surface area contributed by atoms with Gasteiger partial charge in [0.25, 0.3) is 0 Å². The molecule has 5 aliphatic rings. The van der Waals surface area contributed by atoms with Crippen molar-refractivity contribution < 1.29 is 34.4 Å². The van der Waals surface area contributed by atoms with E-state index in [2.05, 4.69) is 6.58 Å². The summed E-state index contributed by atoms with van der Waals surface area (Å²) in [5, 5.41) is 31.0. The maximum atomic E-state index is 12.7. The van der Waals surface area contributed by atoms with Crippen LogP contribution in [0.5, 0.6) is 0 Å². The molecule has 0 radical (unpaired) electrons. The molecule has 0 aromatic heterocycles. The molecule has 1 heterocycles. The Bertz CT molecular complexity index is 830. The van der Waals surface area contributed by atoms with E-state index in [9.17, 15) is 29.7 Å². The summed E-state index contributed by atoms with van der Waals surface area (Å²) >= 11 is 0. The zero-order chi connectivity index (χ0) is 18.7. The van der Waals surface area contributed by atoms with Crippen molar-refractivity contribution in [2.24, 2.45) is 28.6 Å². The number of carboxylic acids is 2. The molecule has 1 aliphatic heterocycles. The van der Waals surface area contributed by atoms with E-state index < -0.39 is 51.8 Å². The van der Waals surface area contributed by atoms with Crippen LogP contribution >= 0.6 is 0 Å². The Kier molecular flexibility index (Phi) is 2.61. The molecule has 1 spiro atoms. The van der Waals surface area contributed by atoms with Crippen molar-refractivity contribution in [3.63, 3.8) is 0 Å². The summed E-state index contributed by atoms with van der Waals surface area (Å²) in [6.45, 7) is 3.98. The van der Waals surface area contributed by atoms with Gasteiger partial charge in [0.05, 0.1) is 11.5 Å². The molecule has 4 fully saturated rings. The minimum Gasteiger partial charge on any atom is -0.481 e. The maximum absolute atomic E-state index is 12.7. The third-order valence-corrected chi connectivity index (χ3v) is 7.98. The highest BCUT2D eigenvalue weighted by Gasteiger charge is 2.84. The molecule has 0 aromatic rings. The number of carbonyl (C=O) groups excluding carboxylic acids is 1. The lowest BCUT2D eigenvalue weighted by molar-refractivity contribution is -0.167. The molecule has 3 saturated carbocycles. The number of aliphatic carboxylic acids is 2. The highest BCUT2D eigenvalue weighted by atomic mass is 16.6. The monoisotopic (exact) mass is 360 g/mol. The third kappa shape index (κ3) is 1.35. The molecule has 7 heteroatoms. The first-order valence-electron chi connectivity index (χ1n) is 8.92. The molecule has 7 unspecified atom stereocenters. The van der Waals surface area contributed by atoms with Gasteiger partial charge in [-0.15, -0.1) is 0 Å². The van der Waals surface area contributed by atoms with E-state index in [0.717, 1.165) is 0 Å². The van der Waals surface area contributed by atoms with Crippen LogP contribution in [-0.4, -0.2) is 44.4 Å². The van der Waals surface area contributed by atoms with Gasteiger partial charge < -0.3 is 20.1 Å². The third-order valence-electron chi connectivity index (χ3n) is 7.98. The van der Waals surface area contributed by atoms with Gasteiger partial charge in [-0.25, -0.2) is 0 Å². The first-order chi connectivity index (χ1) is 12.1. The molecule has 0 amide bonds. The van der Waals surface area contributed by atoms with Crippen LogP contribution in [0.15, 0.2) is 24.3 Å². The Morgan fingerprint density at radius 1 is 1.31 bits per heavy atom. The average molecular weight is 360 g/mol. The van der Waals surface area contributed by atoms with Gasteiger partial charge in [-0.05, 0) is 36.7 Å². The predicted octanol–water partition coefficient (Wildman–Crippen LogP) is 1.12. The van der Waals surface area contributed by atoms with Crippen LogP contribution in [-0.2, 0) is 19.1 Å². The van der Waals surface area contributed by atoms with Crippen LogP contribution in [0.1, 0.15) is 32.1 Å². The summed E-state index contributed by atoms with van der Waals surface area (Å²) in [6, 6.07) is 0. The standard InChI is InChI=1S/C19H20O7/c1-9-7-16-8-17(9,25)6-3-10(16)19-5-2-4-18(14(22)23,15(24)26-19)12(19)11(16)13(20)21/h2,4,10-12,25H,1,3,5-8H2,(H,20,21)(H,22,23). The van der Waals surface area contributed by atoms with Crippen molar-refractivity contribution in [3.05, 3.63) is 24.3 Å². The Balaban J connectivity index is 1.79. The lowest BCUT2D eigenvalue weighted by Crippen LogP contribution is -2.49. The number of ether oxygens (including phenoxy) is 1. The van der Waals surface area contributed by atoms with Gasteiger partial charge in [0, 0.05) is 18.3 Å². The first-order valence-corrected chi connectivity index (χ1v) is 8.92. The molecule has 138 valence electrons. The number of hydrogen-bond donors (Lipinski definition) is 3. The maximum Gasteiger partial charge on any atom is 0.328 e. The Labute approximate surface area is 149 Å². The second-order valence-electron chi connectivity index (χ2n) is 8.73. The van der Waals surface area contributed by atoms with E-state index >= 15 is 0 Å². The topological polar surface area (TPSA) is 121 Å². The second-order valence-corrected chi connectivity index (χ2v) is 8.73. The Hall–Kier alpha value is -2.15. The van der Waals surface area contributed by atoms with Crippen LogP contribution < -0.4 is 0 Å². The van der Waals surface area contributed by atoms with Crippen molar-refractivity contribution in [1.82, 2.24) is 0 Å². The minimum atomic E-state index is -1.96. The summed E-state index contributed by atoms with van der Waals surface area (Å²) < 4.78 is 5.77. The number of aliphatic hydroxyl groups is 1. The summed E-state index contributed by atoms with van der Waals surface area (Å²) in [5.74, 6) is -5.69. The van der Waals surface area contributed by atoms with E-state index in [1.54, 1.807) is 6.08 Å². The van der Waals surface area contributed by atoms with E-state index in [0.29, 0.717) is 31.3 Å². The highest BCUT2D eigenvalue weighted by Crippen LogP contribution is 2.77. The van der Waals surface area contributed by atoms with Crippen molar-refractivity contribution >= 4 is 17.9 Å². The average Bonchev–Trinajstić information content (AvgIpc) is 2.94. The summed E-state index contributed by atoms with van der Waals surface area (Å²) in [6.07, 6.45) is 4.79. The SMILES string of the molecule is C=C1CC23CC1(O)CCC2C12CC=CC(C(=O)O)(C(=O)O1)C2C3C(=O)O. The van der Waals surface area contributed by atoms with Gasteiger partial charge in [0.2, 0.25) is 0 Å². The molecule has 7 atom stereocenters. The number of hydrogen-bond acceptors (Lipinski definition) is 5. The van der Waals surface area contributed by atoms with Gasteiger partial charge >= 0.3 is 17.9 Å². The summed E-state index contributed by atoms with van der Waals surface area (Å²) in [7, 11) is 0. The van der Waals surface area contributed by atoms with Gasteiger partial charge in [-0.2, -0.15) is 0 Å². The smallest absolute Gasteiger partial charge is 0.328 e. The van der Waals surface area contributed by atoms with Gasteiger partial charge in [-0.3, -0.25) is 14.4 Å². The molecule has 1 saturated heterocycles. The second kappa shape index (κ2) is 4.22. The number of esters is 1. The number of carbonyl (C=O) groups is 3. The lowest BCUT2D eigenvalue weighted by Gasteiger charge is -2.45. The van der Waals surface area contributed by atoms with Crippen molar-refractivity contribution in [2.75, 3.05) is 0 Å². The van der Waals surface area contributed by atoms with E-state index in [-0.39, 0.29) is 12.3 Å². The number of carboxylic acid groups (broad SMARTS) is 2. The van der Waals surface area contributed by atoms with Crippen LogP contribution in [0.3, 0.4) is 0 Å². The molecule has 0 aromatic carbocycles. The molecule has 26 heavy (non-hydrogen) atoms. The predicted molar refractivity (Wildman–Crippen MR) is 85.7 cm³/mol. The zero-order valence-electron chi connectivity index (χ0n) is 14.1. The van der Waals surface area contributed by atoms with Crippen LogP contribution in [0, 0.1) is 28.6 Å². The molecule has 4 bridgehead atoms. The van der Waals surface area contributed by atoms with Gasteiger partial charge in [0.15, 0.2) is 5.41 Å². The van der Waals surface area contributed by atoms with E-state index in [1.165, 1.54) is 6.08 Å². The fourth-order valence-electron chi connectivity index (χ4n) is 7.23. The minimum absolute atomic E-state index is 0.242. The fourth-order valence-corrected chi connectivity index (χ4v) is 7.23. The van der Waals surface area contributed by atoms with Crippen LogP contribution in [0.4, 0.5) is 0 Å². The van der Waals surface area contributed by atoms with Crippen molar-refractivity contribution in [3.8, 4) is 0 Å². The van der Waals surface area contributed by atoms with E-state index in [4.69, 9.17) is 4.74 Å². The van der Waals surface area contributed by atoms with Crippen LogP contribution in [0.2, 0.25) is 0 Å². The molecule has 5 rings (SSSR count). The van der Waals surface area contributed by atoms with Gasteiger partial charge in [0.1, 0.15) is 5.60 Å². The Morgan fingerprint density at radius 3 is 2.69 bits per heavy atom. The normalized spacial score (nSPS) is 53.2. The summed E-state index contributed by atoms with van der Waals surface area (Å²) in [4.78, 5) is 37.3. The van der Waals surface area contributed by atoms with E-state index in [1.807, 2.05) is 0 Å². The first kappa shape index (κ1) is 16.1. The summed E-state index contributed by atoms with van der Waals surface area (Å²) in [5.41, 5.74) is -4.41. The highest BCUT2D eigenvalue weighted by molar-refractivity contribution is 6.05. The van der Waals surface area contributed by atoms with Crippen molar-refractivity contribution in [1.29, 1.82) is 0 Å². The number of fused-ring (bicyclic) bond motifs is 1. The van der Waals surface area contributed by atoms with Crippen molar-refractivity contribution in [2.45, 2.75) is 43.3 Å². The fraction of sp³-hybridized carbons (Fsp3) is 0.632.